The number of carbonyl (C=O) groups is 1. The summed E-state index contributed by atoms with van der Waals surface area (Å²) in [4.78, 5) is 19.7. The van der Waals surface area contributed by atoms with Gasteiger partial charge in [-0.25, -0.2) is 4.98 Å². The number of hydrogen-bond donors (Lipinski definition) is 2. The van der Waals surface area contributed by atoms with Gasteiger partial charge in [0.25, 0.3) is 0 Å². The van der Waals surface area contributed by atoms with Gasteiger partial charge >= 0.3 is 0 Å². The van der Waals surface area contributed by atoms with Crippen molar-refractivity contribution in [2.75, 3.05) is 12.3 Å². The molecule has 4 nitrogen and oxygen atoms in total. The lowest BCUT2D eigenvalue weighted by atomic mass is 10.0. The first-order chi connectivity index (χ1) is 11.2. The van der Waals surface area contributed by atoms with Crippen molar-refractivity contribution >= 4 is 28.7 Å². The molecule has 0 saturated carbocycles. The maximum absolute atomic E-state index is 12.0. The fraction of sp³-hybridized carbons (Fsp3) is 0.222. The normalized spacial score (nSPS) is 12.2. The highest BCUT2D eigenvalue weighted by atomic mass is 32.2. The van der Waals surface area contributed by atoms with Crippen molar-refractivity contribution in [3.8, 4) is 0 Å². The van der Waals surface area contributed by atoms with Gasteiger partial charge in [-0.2, -0.15) is 0 Å². The quantitative estimate of drug-likeness (QED) is 0.681. The molecule has 1 amide bonds. The van der Waals surface area contributed by atoms with Gasteiger partial charge in [0.2, 0.25) is 5.91 Å². The maximum Gasteiger partial charge on any atom is 0.230 e. The Bertz CT molecular complexity index is 752. The van der Waals surface area contributed by atoms with Gasteiger partial charge in [-0.3, -0.25) is 4.79 Å². The van der Waals surface area contributed by atoms with Crippen molar-refractivity contribution in [3.05, 3.63) is 60.2 Å². The first kappa shape index (κ1) is 15.6. The lowest BCUT2D eigenvalue weighted by Gasteiger charge is -2.12. The Morgan fingerprint density at radius 2 is 1.91 bits per heavy atom. The third-order valence-corrected chi connectivity index (χ3v) is 4.55. The van der Waals surface area contributed by atoms with Crippen LogP contribution in [0, 0.1) is 0 Å². The van der Waals surface area contributed by atoms with E-state index in [1.54, 1.807) is 0 Å². The summed E-state index contributed by atoms with van der Waals surface area (Å²) in [5.41, 5.74) is 3.15. The number of H-pyrrole nitrogens is 1. The van der Waals surface area contributed by atoms with E-state index in [9.17, 15) is 4.79 Å². The Morgan fingerprint density at radius 1 is 1.17 bits per heavy atom. The standard InChI is InChI=1S/C18H19N3OS/c1-13(14-7-3-2-4-8-14)11-19-17(22)12-23-18-20-15-9-5-6-10-16(15)21-18/h2-10,13H,11-12H2,1H3,(H,19,22)(H,20,21). The molecule has 3 aromatic rings. The summed E-state index contributed by atoms with van der Waals surface area (Å²) in [5.74, 6) is 0.691. The molecule has 23 heavy (non-hydrogen) atoms. The number of benzene rings is 2. The van der Waals surface area contributed by atoms with Gasteiger partial charge in [0.1, 0.15) is 0 Å². The molecular formula is C18H19N3OS. The van der Waals surface area contributed by atoms with E-state index in [0.29, 0.717) is 18.2 Å². The molecule has 3 rings (SSSR count). The van der Waals surface area contributed by atoms with Crippen LogP contribution in [0.1, 0.15) is 18.4 Å². The summed E-state index contributed by atoms with van der Waals surface area (Å²) in [5, 5.41) is 3.76. The predicted molar refractivity (Wildman–Crippen MR) is 94.7 cm³/mol. The Balaban J connectivity index is 1.48. The molecule has 0 bridgehead atoms. The van der Waals surface area contributed by atoms with Crippen LogP contribution in [-0.2, 0) is 4.79 Å². The number of thioether (sulfide) groups is 1. The first-order valence-corrected chi connectivity index (χ1v) is 8.60. The average molecular weight is 325 g/mol. The van der Waals surface area contributed by atoms with Gasteiger partial charge in [0.05, 0.1) is 16.8 Å². The second-order valence-corrected chi connectivity index (χ2v) is 6.43. The highest BCUT2D eigenvalue weighted by Crippen LogP contribution is 2.19. The largest absolute Gasteiger partial charge is 0.355 e. The lowest BCUT2D eigenvalue weighted by molar-refractivity contribution is -0.118. The minimum atomic E-state index is 0.0261. The number of hydrogen-bond acceptors (Lipinski definition) is 3. The molecule has 0 aliphatic heterocycles. The summed E-state index contributed by atoms with van der Waals surface area (Å²) in [7, 11) is 0. The van der Waals surface area contributed by atoms with Crippen LogP contribution < -0.4 is 5.32 Å². The first-order valence-electron chi connectivity index (χ1n) is 7.61. The third kappa shape index (κ3) is 4.13. The Kier molecular flexibility index (Phi) is 4.98. The molecule has 1 unspecified atom stereocenters. The fourth-order valence-corrected chi connectivity index (χ4v) is 3.06. The van der Waals surface area contributed by atoms with Gasteiger partial charge in [-0.1, -0.05) is 61.2 Å². The van der Waals surface area contributed by atoms with Crippen LogP contribution in [0.2, 0.25) is 0 Å². The zero-order valence-electron chi connectivity index (χ0n) is 13.0. The average Bonchev–Trinajstić information content (AvgIpc) is 3.01. The Hall–Kier alpha value is -2.27. The van der Waals surface area contributed by atoms with Crippen LogP contribution in [0.5, 0.6) is 0 Å². The van der Waals surface area contributed by atoms with E-state index in [0.717, 1.165) is 16.2 Å². The fourth-order valence-electron chi connectivity index (χ4n) is 2.35. The Morgan fingerprint density at radius 3 is 2.70 bits per heavy atom. The maximum atomic E-state index is 12.0. The number of aromatic amines is 1. The van der Waals surface area contributed by atoms with Gasteiger partial charge in [0, 0.05) is 6.54 Å². The molecule has 0 radical (unpaired) electrons. The van der Waals surface area contributed by atoms with E-state index in [2.05, 4.69) is 34.3 Å². The molecule has 0 spiro atoms. The number of carbonyl (C=O) groups excluding carboxylic acids is 1. The number of nitrogens with zero attached hydrogens (tertiary/aromatic N) is 1. The van der Waals surface area contributed by atoms with E-state index in [-0.39, 0.29) is 5.91 Å². The van der Waals surface area contributed by atoms with Gasteiger partial charge in [0.15, 0.2) is 5.16 Å². The number of nitrogens with one attached hydrogen (secondary N) is 2. The van der Waals surface area contributed by atoms with Crippen molar-refractivity contribution in [2.24, 2.45) is 0 Å². The van der Waals surface area contributed by atoms with Gasteiger partial charge in [-0.05, 0) is 23.6 Å². The summed E-state index contributed by atoms with van der Waals surface area (Å²) in [6, 6.07) is 18.1. The van der Waals surface area contributed by atoms with Gasteiger partial charge in [-0.15, -0.1) is 0 Å². The van der Waals surface area contributed by atoms with Crippen LogP contribution in [-0.4, -0.2) is 28.2 Å². The highest BCUT2D eigenvalue weighted by molar-refractivity contribution is 7.99. The SMILES string of the molecule is CC(CNC(=O)CSc1nc2ccccc2[nH]1)c1ccccc1. The molecule has 1 heterocycles. The highest BCUT2D eigenvalue weighted by Gasteiger charge is 2.09. The van der Waals surface area contributed by atoms with Crippen molar-refractivity contribution in [3.63, 3.8) is 0 Å². The van der Waals surface area contributed by atoms with E-state index in [4.69, 9.17) is 0 Å². The molecule has 1 atom stereocenters. The summed E-state index contributed by atoms with van der Waals surface area (Å²) in [6.45, 7) is 2.76. The number of fused-ring (bicyclic) bond motifs is 1. The molecule has 0 saturated heterocycles. The minimum absolute atomic E-state index is 0.0261. The molecule has 0 fully saturated rings. The van der Waals surface area contributed by atoms with Crippen LogP contribution in [0.4, 0.5) is 0 Å². The summed E-state index contributed by atoms with van der Waals surface area (Å²) in [6.07, 6.45) is 0. The molecule has 5 heteroatoms. The van der Waals surface area contributed by atoms with Crippen LogP contribution >= 0.6 is 11.8 Å². The van der Waals surface area contributed by atoms with Crippen molar-refractivity contribution < 1.29 is 4.79 Å². The van der Waals surface area contributed by atoms with Crippen LogP contribution in [0.3, 0.4) is 0 Å². The zero-order valence-corrected chi connectivity index (χ0v) is 13.8. The molecule has 0 aliphatic carbocycles. The summed E-state index contributed by atoms with van der Waals surface area (Å²) < 4.78 is 0. The molecule has 2 aromatic carbocycles. The molecule has 118 valence electrons. The monoisotopic (exact) mass is 325 g/mol. The van der Waals surface area contributed by atoms with Crippen molar-refractivity contribution in [1.82, 2.24) is 15.3 Å². The summed E-state index contributed by atoms with van der Waals surface area (Å²) >= 11 is 1.42. The Labute approximate surface area is 139 Å². The zero-order chi connectivity index (χ0) is 16.1. The smallest absolute Gasteiger partial charge is 0.230 e. The number of imidazole rings is 1. The second-order valence-electron chi connectivity index (χ2n) is 5.46. The second kappa shape index (κ2) is 7.33. The van der Waals surface area contributed by atoms with Crippen molar-refractivity contribution in [1.29, 1.82) is 0 Å². The number of aromatic nitrogens is 2. The molecule has 2 N–H and O–H groups in total. The number of amides is 1. The molecule has 0 aliphatic rings. The van der Waals surface area contributed by atoms with Crippen molar-refractivity contribution in [2.45, 2.75) is 18.0 Å². The molecule has 1 aromatic heterocycles. The lowest BCUT2D eigenvalue weighted by Crippen LogP contribution is -2.29. The number of rotatable bonds is 6. The van der Waals surface area contributed by atoms with Crippen LogP contribution in [0.15, 0.2) is 59.8 Å². The number of para-hydroxylation sites is 2. The third-order valence-electron chi connectivity index (χ3n) is 3.68. The topological polar surface area (TPSA) is 57.8 Å². The minimum Gasteiger partial charge on any atom is -0.355 e. The van der Waals surface area contributed by atoms with Gasteiger partial charge < -0.3 is 10.3 Å². The van der Waals surface area contributed by atoms with E-state index in [1.807, 2.05) is 42.5 Å². The van der Waals surface area contributed by atoms with E-state index < -0.39 is 0 Å². The predicted octanol–water partition coefficient (Wildman–Crippen LogP) is 3.57. The van der Waals surface area contributed by atoms with Crippen LogP contribution in [0.25, 0.3) is 11.0 Å². The molecular weight excluding hydrogens is 306 g/mol. The van der Waals surface area contributed by atoms with E-state index in [1.165, 1.54) is 17.3 Å². The van der Waals surface area contributed by atoms with E-state index >= 15 is 0 Å².